The lowest BCUT2D eigenvalue weighted by Crippen LogP contribution is -2.50. The summed E-state index contributed by atoms with van der Waals surface area (Å²) in [6.45, 7) is 2.75. The van der Waals surface area contributed by atoms with E-state index >= 15 is 0 Å². The maximum absolute atomic E-state index is 12.6. The number of carbonyl (C=O) groups is 1. The molecule has 0 atom stereocenters. The van der Waals surface area contributed by atoms with Gasteiger partial charge in [0, 0.05) is 56.0 Å². The highest BCUT2D eigenvalue weighted by Gasteiger charge is 2.23. The molecule has 0 unspecified atom stereocenters. The third-order valence-electron chi connectivity index (χ3n) is 5.12. The maximum atomic E-state index is 12.6. The number of fused-ring (bicyclic) bond motifs is 1. The molecule has 3 aromatic rings. The molecular weight excluding hydrogens is 398 g/mol. The Morgan fingerprint density at radius 3 is 2.45 bits per heavy atom. The van der Waals surface area contributed by atoms with Gasteiger partial charge in [-0.05, 0) is 36.4 Å². The van der Waals surface area contributed by atoms with Gasteiger partial charge in [-0.15, -0.1) is 10.2 Å². The number of amides is 2. The van der Waals surface area contributed by atoms with Crippen LogP contribution in [0, 0.1) is 0 Å². The molecule has 10 nitrogen and oxygen atoms in total. The summed E-state index contributed by atoms with van der Waals surface area (Å²) in [7, 11) is 0. The Balaban J connectivity index is 1.14. The molecule has 2 amide bonds. The lowest BCUT2D eigenvalue weighted by atomic mass is 10.2. The first-order valence-corrected chi connectivity index (χ1v) is 9.96. The van der Waals surface area contributed by atoms with Gasteiger partial charge < -0.3 is 29.9 Å². The van der Waals surface area contributed by atoms with E-state index in [4.69, 9.17) is 9.47 Å². The van der Waals surface area contributed by atoms with Crippen molar-refractivity contribution in [1.82, 2.24) is 20.1 Å². The topological polar surface area (TPSA) is 105 Å². The molecule has 0 radical (unpaired) electrons. The number of rotatable bonds is 4. The summed E-state index contributed by atoms with van der Waals surface area (Å²) in [5, 5.41) is 14.7. The van der Waals surface area contributed by atoms with Crippen molar-refractivity contribution in [3.8, 4) is 11.5 Å². The van der Waals surface area contributed by atoms with Gasteiger partial charge in [0.25, 0.3) is 0 Å². The van der Waals surface area contributed by atoms with E-state index in [1.807, 2.05) is 24.3 Å². The van der Waals surface area contributed by atoms with Gasteiger partial charge in [-0.1, -0.05) is 0 Å². The quantitative estimate of drug-likeness (QED) is 0.665. The Morgan fingerprint density at radius 1 is 0.871 bits per heavy atom. The number of aromatic nitrogens is 3. The van der Waals surface area contributed by atoms with Gasteiger partial charge >= 0.3 is 6.03 Å². The first-order chi connectivity index (χ1) is 15.2. The molecule has 2 N–H and O–H groups in total. The molecule has 0 saturated carbocycles. The van der Waals surface area contributed by atoms with Crippen molar-refractivity contribution >= 4 is 29.0 Å². The maximum Gasteiger partial charge on any atom is 0.321 e. The number of ether oxygens (including phenoxy) is 2. The molecule has 4 heterocycles. The van der Waals surface area contributed by atoms with Crippen molar-refractivity contribution in [2.75, 3.05) is 48.5 Å². The number of benzene rings is 1. The molecule has 1 aromatic carbocycles. The lowest BCUT2D eigenvalue weighted by molar-refractivity contribution is 0.174. The first-order valence-electron chi connectivity index (χ1n) is 9.96. The van der Waals surface area contributed by atoms with Crippen molar-refractivity contribution in [2.24, 2.45) is 0 Å². The van der Waals surface area contributed by atoms with Crippen LogP contribution in [0.1, 0.15) is 0 Å². The van der Waals surface area contributed by atoms with E-state index in [0.29, 0.717) is 49.2 Å². The van der Waals surface area contributed by atoms with Gasteiger partial charge in [0.05, 0.1) is 0 Å². The van der Waals surface area contributed by atoms with Crippen LogP contribution < -0.4 is 25.0 Å². The van der Waals surface area contributed by atoms with E-state index in [2.05, 4.69) is 30.7 Å². The number of piperazine rings is 1. The Bertz CT molecular complexity index is 1050. The minimum absolute atomic E-state index is 0.138. The van der Waals surface area contributed by atoms with E-state index in [-0.39, 0.29) is 12.8 Å². The molecule has 158 valence electrons. The van der Waals surface area contributed by atoms with Gasteiger partial charge in [0.15, 0.2) is 23.1 Å². The average Bonchev–Trinajstić information content (AvgIpc) is 3.28. The molecule has 0 bridgehead atoms. The minimum atomic E-state index is -0.138. The second kappa shape index (κ2) is 8.34. The van der Waals surface area contributed by atoms with E-state index in [9.17, 15) is 4.79 Å². The first kappa shape index (κ1) is 18.9. The van der Waals surface area contributed by atoms with Crippen LogP contribution in [0.25, 0.3) is 0 Å². The Kier molecular flexibility index (Phi) is 5.09. The number of pyridine rings is 1. The second-order valence-electron chi connectivity index (χ2n) is 7.11. The standard InChI is InChI=1S/C21H21N7O3/c29-21(24-16-1-2-17-18(13-16)31-14-30-17)28-11-9-27(10-12-28)20-4-3-19(25-26-20)23-15-5-7-22-8-6-15/h1-8,13H,9-12,14H2,(H,24,29)(H,22,23,25). The van der Waals surface area contributed by atoms with Crippen molar-refractivity contribution in [1.29, 1.82) is 0 Å². The normalized spacial score (nSPS) is 15.0. The predicted molar refractivity (Wildman–Crippen MR) is 115 cm³/mol. The summed E-state index contributed by atoms with van der Waals surface area (Å²) in [6.07, 6.45) is 3.43. The second-order valence-corrected chi connectivity index (χ2v) is 7.11. The number of hydrogen-bond donors (Lipinski definition) is 2. The number of nitrogens with zero attached hydrogens (tertiary/aromatic N) is 5. The molecule has 31 heavy (non-hydrogen) atoms. The van der Waals surface area contributed by atoms with Gasteiger partial charge in [-0.3, -0.25) is 4.98 Å². The van der Waals surface area contributed by atoms with Gasteiger partial charge in [0.1, 0.15) is 0 Å². The predicted octanol–water partition coefficient (Wildman–Crippen LogP) is 2.70. The van der Waals surface area contributed by atoms with E-state index in [1.54, 1.807) is 35.5 Å². The van der Waals surface area contributed by atoms with Crippen LogP contribution in [0.2, 0.25) is 0 Å². The van der Waals surface area contributed by atoms with Crippen LogP contribution in [-0.2, 0) is 0 Å². The Labute approximate surface area is 178 Å². The van der Waals surface area contributed by atoms with Crippen molar-refractivity contribution in [3.05, 3.63) is 54.9 Å². The Morgan fingerprint density at radius 2 is 1.68 bits per heavy atom. The summed E-state index contributed by atoms with van der Waals surface area (Å²) in [5.41, 5.74) is 1.58. The van der Waals surface area contributed by atoms with Crippen molar-refractivity contribution < 1.29 is 14.3 Å². The van der Waals surface area contributed by atoms with Gasteiger partial charge in [0.2, 0.25) is 6.79 Å². The van der Waals surface area contributed by atoms with Crippen LogP contribution in [0.3, 0.4) is 0 Å². The van der Waals surface area contributed by atoms with Crippen LogP contribution in [0.5, 0.6) is 11.5 Å². The molecule has 1 fully saturated rings. The highest BCUT2D eigenvalue weighted by atomic mass is 16.7. The number of hydrogen-bond acceptors (Lipinski definition) is 8. The highest BCUT2D eigenvalue weighted by molar-refractivity contribution is 5.90. The smallest absolute Gasteiger partial charge is 0.321 e. The van der Waals surface area contributed by atoms with E-state index in [1.165, 1.54) is 0 Å². The summed E-state index contributed by atoms with van der Waals surface area (Å²) in [6, 6.07) is 12.8. The van der Waals surface area contributed by atoms with Gasteiger partial charge in [-0.2, -0.15) is 0 Å². The molecule has 10 heteroatoms. The average molecular weight is 419 g/mol. The molecule has 0 spiro atoms. The molecule has 1 saturated heterocycles. The fraction of sp³-hybridized carbons (Fsp3) is 0.238. The van der Waals surface area contributed by atoms with Crippen LogP contribution in [0.15, 0.2) is 54.9 Å². The zero-order valence-electron chi connectivity index (χ0n) is 16.7. The molecule has 0 aliphatic carbocycles. The largest absolute Gasteiger partial charge is 0.454 e. The zero-order chi connectivity index (χ0) is 21.0. The summed E-state index contributed by atoms with van der Waals surface area (Å²) in [4.78, 5) is 20.5. The SMILES string of the molecule is O=C(Nc1ccc2c(c1)OCO2)N1CCN(c2ccc(Nc3ccncc3)nn2)CC1. The number of anilines is 4. The van der Waals surface area contributed by atoms with Gasteiger partial charge in [-0.25, -0.2) is 4.79 Å². The highest BCUT2D eigenvalue weighted by Crippen LogP contribution is 2.34. The van der Waals surface area contributed by atoms with Crippen molar-refractivity contribution in [3.63, 3.8) is 0 Å². The van der Waals surface area contributed by atoms with Crippen LogP contribution >= 0.6 is 0 Å². The summed E-state index contributed by atoms with van der Waals surface area (Å²) in [5.74, 6) is 2.78. The fourth-order valence-corrected chi connectivity index (χ4v) is 3.46. The number of nitrogens with one attached hydrogen (secondary N) is 2. The van der Waals surface area contributed by atoms with E-state index < -0.39 is 0 Å². The van der Waals surface area contributed by atoms with Crippen LogP contribution in [0.4, 0.5) is 27.8 Å². The zero-order valence-corrected chi connectivity index (χ0v) is 16.7. The molecule has 2 aromatic heterocycles. The monoisotopic (exact) mass is 419 g/mol. The summed E-state index contributed by atoms with van der Waals surface area (Å²) < 4.78 is 10.7. The Hall–Kier alpha value is -4.08. The molecule has 5 rings (SSSR count). The number of carbonyl (C=O) groups excluding carboxylic acids is 1. The lowest BCUT2D eigenvalue weighted by Gasteiger charge is -2.35. The van der Waals surface area contributed by atoms with Crippen molar-refractivity contribution in [2.45, 2.75) is 0 Å². The minimum Gasteiger partial charge on any atom is -0.454 e. The third kappa shape index (κ3) is 4.27. The molecule has 2 aliphatic rings. The van der Waals surface area contributed by atoms with Crippen LogP contribution in [-0.4, -0.2) is 59.1 Å². The fourth-order valence-electron chi connectivity index (χ4n) is 3.46. The summed E-state index contributed by atoms with van der Waals surface area (Å²) >= 11 is 0. The molecular formula is C21H21N7O3. The number of urea groups is 1. The van der Waals surface area contributed by atoms with E-state index in [0.717, 1.165) is 11.5 Å². The molecule has 2 aliphatic heterocycles. The third-order valence-corrected chi connectivity index (χ3v) is 5.12.